The van der Waals surface area contributed by atoms with Crippen LogP contribution in [0.4, 0.5) is 4.39 Å². The molecule has 19 heavy (non-hydrogen) atoms. The Morgan fingerprint density at radius 3 is 3.16 bits per heavy atom. The lowest BCUT2D eigenvalue weighted by Gasteiger charge is -2.21. The Bertz CT molecular complexity index is 547. The van der Waals surface area contributed by atoms with Crippen molar-refractivity contribution in [3.63, 3.8) is 0 Å². The minimum atomic E-state index is -0.232. The van der Waals surface area contributed by atoms with Crippen LogP contribution in [-0.2, 0) is 6.42 Å². The molecule has 1 aliphatic heterocycles. The van der Waals surface area contributed by atoms with Crippen molar-refractivity contribution in [3.8, 4) is 11.1 Å². The standard InChI is InChI=1S/C15H17FN2O/c16-13-5-1-4-12(8-13)14-10-18-19-15(14)7-11-3-2-6-17-9-11/h1,4-5,8,10-11,17H,2-3,6-7,9H2. The fourth-order valence-corrected chi connectivity index (χ4v) is 2.66. The summed E-state index contributed by atoms with van der Waals surface area (Å²) in [6.07, 6.45) is 4.95. The molecule has 1 aromatic heterocycles. The molecule has 0 spiro atoms. The Kier molecular flexibility index (Phi) is 3.60. The van der Waals surface area contributed by atoms with Crippen LogP contribution in [0, 0.1) is 11.7 Å². The van der Waals surface area contributed by atoms with E-state index in [4.69, 9.17) is 4.52 Å². The van der Waals surface area contributed by atoms with Crippen molar-refractivity contribution in [1.82, 2.24) is 10.5 Å². The lowest BCUT2D eigenvalue weighted by atomic mass is 9.93. The Morgan fingerprint density at radius 2 is 2.37 bits per heavy atom. The van der Waals surface area contributed by atoms with Gasteiger partial charge in [0, 0.05) is 12.0 Å². The van der Waals surface area contributed by atoms with E-state index in [2.05, 4.69) is 10.5 Å². The number of hydrogen-bond donors (Lipinski definition) is 1. The summed E-state index contributed by atoms with van der Waals surface area (Å²) in [6.45, 7) is 2.12. The molecule has 0 radical (unpaired) electrons. The minimum Gasteiger partial charge on any atom is -0.361 e. The van der Waals surface area contributed by atoms with Gasteiger partial charge in [-0.25, -0.2) is 4.39 Å². The third-order valence-corrected chi connectivity index (χ3v) is 3.65. The first-order valence-electron chi connectivity index (χ1n) is 6.73. The van der Waals surface area contributed by atoms with Gasteiger partial charge in [0.25, 0.3) is 0 Å². The van der Waals surface area contributed by atoms with Crippen LogP contribution in [0.5, 0.6) is 0 Å². The van der Waals surface area contributed by atoms with Crippen LogP contribution in [-0.4, -0.2) is 18.2 Å². The molecule has 0 saturated carbocycles. The maximum atomic E-state index is 13.3. The second-order valence-corrected chi connectivity index (χ2v) is 5.09. The monoisotopic (exact) mass is 260 g/mol. The highest BCUT2D eigenvalue weighted by Gasteiger charge is 2.19. The van der Waals surface area contributed by atoms with E-state index in [-0.39, 0.29) is 5.82 Å². The third kappa shape index (κ3) is 2.84. The predicted molar refractivity (Wildman–Crippen MR) is 71.2 cm³/mol. The van der Waals surface area contributed by atoms with Crippen molar-refractivity contribution >= 4 is 0 Å². The van der Waals surface area contributed by atoms with Gasteiger partial charge in [0.2, 0.25) is 0 Å². The van der Waals surface area contributed by atoms with E-state index in [1.807, 2.05) is 6.07 Å². The van der Waals surface area contributed by atoms with Gasteiger partial charge >= 0.3 is 0 Å². The summed E-state index contributed by atoms with van der Waals surface area (Å²) < 4.78 is 18.6. The molecule has 1 aromatic carbocycles. The second kappa shape index (κ2) is 5.53. The number of hydrogen-bond acceptors (Lipinski definition) is 3. The molecule has 0 amide bonds. The van der Waals surface area contributed by atoms with Crippen molar-refractivity contribution in [3.05, 3.63) is 42.0 Å². The van der Waals surface area contributed by atoms with Gasteiger partial charge < -0.3 is 9.84 Å². The summed E-state index contributed by atoms with van der Waals surface area (Å²) in [5.41, 5.74) is 1.74. The number of piperidine rings is 1. The maximum absolute atomic E-state index is 13.3. The number of halogens is 1. The molecule has 0 aliphatic carbocycles. The first kappa shape index (κ1) is 12.4. The SMILES string of the molecule is Fc1cccc(-c2cnoc2CC2CCCNC2)c1. The van der Waals surface area contributed by atoms with Crippen LogP contribution in [0.15, 0.2) is 35.0 Å². The van der Waals surface area contributed by atoms with Crippen LogP contribution in [0.25, 0.3) is 11.1 Å². The molecule has 1 N–H and O–H groups in total. The third-order valence-electron chi connectivity index (χ3n) is 3.65. The zero-order valence-corrected chi connectivity index (χ0v) is 10.7. The van der Waals surface area contributed by atoms with Gasteiger partial charge in [-0.15, -0.1) is 0 Å². The number of rotatable bonds is 3. The Balaban J connectivity index is 1.81. The predicted octanol–water partition coefficient (Wildman–Crippen LogP) is 3.02. The van der Waals surface area contributed by atoms with Crippen LogP contribution in [0.2, 0.25) is 0 Å². The summed E-state index contributed by atoms with van der Waals surface area (Å²) in [4.78, 5) is 0. The minimum absolute atomic E-state index is 0.232. The van der Waals surface area contributed by atoms with Crippen molar-refractivity contribution < 1.29 is 8.91 Å². The van der Waals surface area contributed by atoms with E-state index >= 15 is 0 Å². The fraction of sp³-hybridized carbons (Fsp3) is 0.400. The highest BCUT2D eigenvalue weighted by atomic mass is 19.1. The normalized spacial score (nSPS) is 19.5. The smallest absolute Gasteiger partial charge is 0.144 e. The fourth-order valence-electron chi connectivity index (χ4n) is 2.66. The van der Waals surface area contributed by atoms with Crippen molar-refractivity contribution in [2.24, 2.45) is 5.92 Å². The van der Waals surface area contributed by atoms with Crippen molar-refractivity contribution in [2.75, 3.05) is 13.1 Å². The highest BCUT2D eigenvalue weighted by molar-refractivity contribution is 5.64. The van der Waals surface area contributed by atoms with Crippen LogP contribution >= 0.6 is 0 Å². The molecule has 1 fully saturated rings. The zero-order valence-electron chi connectivity index (χ0n) is 10.7. The van der Waals surface area contributed by atoms with Crippen molar-refractivity contribution in [2.45, 2.75) is 19.3 Å². The molecule has 1 atom stereocenters. The van der Waals surface area contributed by atoms with Gasteiger partial charge in [-0.05, 0) is 49.5 Å². The van der Waals surface area contributed by atoms with E-state index in [1.54, 1.807) is 12.3 Å². The van der Waals surface area contributed by atoms with E-state index < -0.39 is 0 Å². The summed E-state index contributed by atoms with van der Waals surface area (Å²) >= 11 is 0. The van der Waals surface area contributed by atoms with E-state index in [0.717, 1.165) is 36.4 Å². The molecule has 2 heterocycles. The molecule has 4 heteroatoms. The molecule has 3 nitrogen and oxygen atoms in total. The summed E-state index contributed by atoms with van der Waals surface area (Å²) in [5.74, 6) is 1.21. The molecule has 1 unspecified atom stereocenters. The van der Waals surface area contributed by atoms with Gasteiger partial charge in [-0.3, -0.25) is 0 Å². The van der Waals surface area contributed by atoms with Gasteiger partial charge in [-0.1, -0.05) is 17.3 Å². The Hall–Kier alpha value is -1.68. The van der Waals surface area contributed by atoms with Crippen LogP contribution in [0.1, 0.15) is 18.6 Å². The molecule has 1 aliphatic rings. The average molecular weight is 260 g/mol. The first-order chi connectivity index (χ1) is 9.33. The molecule has 2 aromatic rings. The second-order valence-electron chi connectivity index (χ2n) is 5.09. The lowest BCUT2D eigenvalue weighted by Crippen LogP contribution is -2.30. The number of nitrogens with zero attached hydrogens (tertiary/aromatic N) is 1. The van der Waals surface area contributed by atoms with E-state index in [1.165, 1.54) is 25.0 Å². The topological polar surface area (TPSA) is 38.1 Å². The summed E-state index contributed by atoms with van der Waals surface area (Å²) in [6, 6.07) is 6.57. The molecular weight excluding hydrogens is 243 g/mol. The first-order valence-corrected chi connectivity index (χ1v) is 6.73. The van der Waals surface area contributed by atoms with Crippen LogP contribution in [0.3, 0.4) is 0 Å². The Labute approximate surface area is 111 Å². The number of benzene rings is 1. The van der Waals surface area contributed by atoms with Gasteiger partial charge in [0.1, 0.15) is 11.6 Å². The van der Waals surface area contributed by atoms with Gasteiger partial charge in [0.15, 0.2) is 0 Å². The molecule has 1 saturated heterocycles. The molecule has 3 rings (SSSR count). The summed E-state index contributed by atoms with van der Waals surface area (Å²) in [5, 5.41) is 7.27. The van der Waals surface area contributed by atoms with Gasteiger partial charge in [0.05, 0.1) is 6.20 Å². The number of aromatic nitrogens is 1. The van der Waals surface area contributed by atoms with Gasteiger partial charge in [-0.2, -0.15) is 0 Å². The largest absolute Gasteiger partial charge is 0.361 e. The zero-order chi connectivity index (χ0) is 13.1. The lowest BCUT2D eigenvalue weighted by molar-refractivity contribution is 0.321. The highest BCUT2D eigenvalue weighted by Crippen LogP contribution is 2.27. The summed E-state index contributed by atoms with van der Waals surface area (Å²) in [7, 11) is 0. The van der Waals surface area contributed by atoms with E-state index in [9.17, 15) is 4.39 Å². The van der Waals surface area contributed by atoms with E-state index in [0.29, 0.717) is 5.92 Å². The van der Waals surface area contributed by atoms with Crippen LogP contribution < -0.4 is 5.32 Å². The average Bonchev–Trinajstić information content (AvgIpc) is 2.88. The number of nitrogens with one attached hydrogen (secondary N) is 1. The van der Waals surface area contributed by atoms with Crippen molar-refractivity contribution in [1.29, 1.82) is 0 Å². The Morgan fingerprint density at radius 1 is 1.42 bits per heavy atom. The quantitative estimate of drug-likeness (QED) is 0.921. The maximum Gasteiger partial charge on any atom is 0.144 e. The molecule has 100 valence electrons. The molecule has 0 bridgehead atoms. The molecular formula is C15H17FN2O.